The van der Waals surface area contributed by atoms with Gasteiger partial charge in [0.05, 0.1) is 16.8 Å². The number of benzene rings is 2. The summed E-state index contributed by atoms with van der Waals surface area (Å²) in [5, 5.41) is 16.8. The van der Waals surface area contributed by atoms with Crippen LogP contribution in [0.2, 0.25) is 0 Å². The van der Waals surface area contributed by atoms with Crippen LogP contribution in [0.1, 0.15) is 44.9 Å². The van der Waals surface area contributed by atoms with Crippen molar-refractivity contribution in [3.63, 3.8) is 0 Å². The molecule has 1 saturated carbocycles. The van der Waals surface area contributed by atoms with E-state index >= 15 is 0 Å². The van der Waals surface area contributed by atoms with Crippen LogP contribution in [-0.2, 0) is 14.4 Å². The van der Waals surface area contributed by atoms with Gasteiger partial charge in [-0.15, -0.1) is 0 Å². The molecule has 0 radical (unpaired) electrons. The lowest BCUT2D eigenvalue weighted by Crippen LogP contribution is -2.55. The number of carboxylic acids is 1. The van der Waals surface area contributed by atoms with Crippen molar-refractivity contribution >= 4 is 45.0 Å². The highest BCUT2D eigenvalue weighted by molar-refractivity contribution is 7.20. The summed E-state index contributed by atoms with van der Waals surface area (Å²) in [6.07, 6.45) is 8.29. The minimum absolute atomic E-state index is 0.186. The van der Waals surface area contributed by atoms with Crippen LogP contribution in [0.4, 0.5) is 5.69 Å². The number of thiazole rings is 1. The molecule has 2 amide bonds. The average Bonchev–Trinajstić information content (AvgIpc) is 3.28. The zero-order chi connectivity index (χ0) is 28.4. The lowest BCUT2D eigenvalue weighted by atomic mass is 10.0. The standard InChI is InChI=1S/C31H34N4O5S/c36-27-25-17-22(40-30-33-23-14-9-10-16-26(23)41-30)19-35(25)28(37)24(32-21-12-6-4-7-13-21)15-8-3-1-2-5-11-20-18-31(20,34-27)29(38)39/h4-7,9-14,16,20,22,24-25,32H,1-3,8,15,17-19H2,(H,34,36)(H,38,39)/b11-5-/t20-,22+,24-,25-,31+/m0/s1. The smallest absolute Gasteiger partial charge is 0.330 e. The topological polar surface area (TPSA) is 121 Å². The molecule has 2 fully saturated rings. The van der Waals surface area contributed by atoms with E-state index in [-0.39, 0.29) is 24.8 Å². The number of rotatable bonds is 5. The predicted molar refractivity (Wildman–Crippen MR) is 157 cm³/mol. The minimum Gasteiger partial charge on any atom is -0.479 e. The monoisotopic (exact) mass is 574 g/mol. The molecule has 0 unspecified atom stereocenters. The van der Waals surface area contributed by atoms with Crippen molar-refractivity contribution in [3.05, 3.63) is 66.7 Å². The van der Waals surface area contributed by atoms with Gasteiger partial charge in [-0.1, -0.05) is 66.7 Å². The van der Waals surface area contributed by atoms with Crippen LogP contribution in [0.25, 0.3) is 10.2 Å². The summed E-state index contributed by atoms with van der Waals surface area (Å²) in [6.45, 7) is 0.212. The second-order valence-corrected chi connectivity index (χ2v) is 12.1. The van der Waals surface area contributed by atoms with Gasteiger partial charge in [-0.3, -0.25) is 9.59 Å². The van der Waals surface area contributed by atoms with Crippen LogP contribution in [-0.4, -0.2) is 63.0 Å². The molecule has 214 valence electrons. The van der Waals surface area contributed by atoms with E-state index in [2.05, 4.69) is 15.6 Å². The maximum Gasteiger partial charge on any atom is 0.330 e. The number of carbonyl (C=O) groups is 3. The molecule has 1 saturated heterocycles. The Balaban J connectivity index is 1.28. The number of anilines is 1. The first-order chi connectivity index (χ1) is 19.9. The fourth-order valence-electron chi connectivity index (χ4n) is 5.93. The third-order valence-corrected chi connectivity index (χ3v) is 9.20. The highest BCUT2D eigenvalue weighted by atomic mass is 32.1. The number of para-hydroxylation sites is 2. The highest BCUT2D eigenvalue weighted by Gasteiger charge is 2.61. The molecule has 1 aliphatic carbocycles. The van der Waals surface area contributed by atoms with E-state index < -0.39 is 35.6 Å². The first-order valence-corrected chi connectivity index (χ1v) is 15.1. The Morgan fingerprint density at radius 1 is 1.10 bits per heavy atom. The molecule has 3 aliphatic rings. The van der Waals surface area contributed by atoms with Crippen molar-refractivity contribution in [2.24, 2.45) is 5.92 Å². The number of aliphatic carboxylic acids is 1. The molecule has 2 aliphatic heterocycles. The Morgan fingerprint density at radius 2 is 1.90 bits per heavy atom. The number of ether oxygens (including phenoxy) is 1. The summed E-state index contributed by atoms with van der Waals surface area (Å²) in [4.78, 5) is 46.3. The molecular formula is C31H34N4O5S. The van der Waals surface area contributed by atoms with Crippen LogP contribution in [0.5, 0.6) is 5.19 Å². The van der Waals surface area contributed by atoms with Crippen LogP contribution >= 0.6 is 11.3 Å². The summed E-state index contributed by atoms with van der Waals surface area (Å²) in [5.41, 5.74) is 0.327. The van der Waals surface area contributed by atoms with Crippen molar-refractivity contribution < 1.29 is 24.2 Å². The van der Waals surface area contributed by atoms with Crippen molar-refractivity contribution in [3.8, 4) is 5.19 Å². The molecule has 5 atom stereocenters. The molecule has 0 bridgehead atoms. The molecule has 9 nitrogen and oxygen atoms in total. The molecule has 3 aromatic rings. The van der Waals surface area contributed by atoms with Crippen LogP contribution in [0.3, 0.4) is 0 Å². The van der Waals surface area contributed by atoms with E-state index in [0.717, 1.165) is 41.6 Å². The number of allylic oxidation sites excluding steroid dienone is 1. The number of amides is 2. The van der Waals surface area contributed by atoms with Gasteiger partial charge in [-0.05, 0) is 49.9 Å². The zero-order valence-corrected chi connectivity index (χ0v) is 23.5. The van der Waals surface area contributed by atoms with Gasteiger partial charge in [0, 0.05) is 18.0 Å². The van der Waals surface area contributed by atoms with E-state index in [1.54, 1.807) is 4.90 Å². The molecule has 3 heterocycles. The first-order valence-electron chi connectivity index (χ1n) is 14.3. The molecule has 10 heteroatoms. The highest BCUT2D eigenvalue weighted by Crippen LogP contribution is 2.45. The van der Waals surface area contributed by atoms with Gasteiger partial charge in [0.2, 0.25) is 11.8 Å². The maximum atomic E-state index is 14.1. The van der Waals surface area contributed by atoms with Crippen LogP contribution in [0, 0.1) is 5.92 Å². The number of fused-ring (bicyclic) bond motifs is 3. The van der Waals surface area contributed by atoms with E-state index in [0.29, 0.717) is 18.0 Å². The van der Waals surface area contributed by atoms with Crippen LogP contribution in [0.15, 0.2) is 66.7 Å². The van der Waals surface area contributed by atoms with E-state index in [4.69, 9.17) is 4.74 Å². The predicted octanol–water partition coefficient (Wildman–Crippen LogP) is 4.61. The van der Waals surface area contributed by atoms with Gasteiger partial charge in [-0.25, -0.2) is 9.78 Å². The molecular weight excluding hydrogens is 540 g/mol. The fourth-order valence-corrected chi connectivity index (χ4v) is 6.81. The second-order valence-electron chi connectivity index (χ2n) is 11.1. The fraction of sp³-hybridized carbons (Fsp3) is 0.419. The quantitative estimate of drug-likeness (QED) is 0.381. The summed E-state index contributed by atoms with van der Waals surface area (Å²) < 4.78 is 7.24. The number of carboxylic acid groups (broad SMARTS) is 1. The number of nitrogens with one attached hydrogen (secondary N) is 2. The second kappa shape index (κ2) is 11.5. The van der Waals surface area contributed by atoms with Gasteiger partial charge in [0.25, 0.3) is 5.19 Å². The number of hydrogen-bond donors (Lipinski definition) is 3. The van der Waals surface area contributed by atoms with Crippen molar-refractivity contribution in [1.29, 1.82) is 0 Å². The average molecular weight is 575 g/mol. The molecule has 2 aromatic carbocycles. The van der Waals surface area contributed by atoms with Crippen molar-refractivity contribution in [2.75, 3.05) is 11.9 Å². The Labute approximate surface area is 242 Å². The lowest BCUT2D eigenvalue weighted by Gasteiger charge is -2.30. The summed E-state index contributed by atoms with van der Waals surface area (Å²) in [5.74, 6) is -1.96. The number of aromatic nitrogens is 1. The molecule has 3 N–H and O–H groups in total. The minimum atomic E-state index is -1.34. The van der Waals surface area contributed by atoms with Gasteiger partial charge < -0.3 is 25.4 Å². The SMILES string of the molecule is O=C1N[C@]2(C(=O)O)C[C@@H]2/C=C\CCCCC[C@H](Nc2ccccc2)C(=O)N2C[C@H](Oc3nc4ccccc4s3)C[C@@H]12. The van der Waals surface area contributed by atoms with E-state index in [9.17, 15) is 19.5 Å². The van der Waals surface area contributed by atoms with Gasteiger partial charge in [0.1, 0.15) is 23.7 Å². The summed E-state index contributed by atoms with van der Waals surface area (Å²) >= 11 is 1.42. The van der Waals surface area contributed by atoms with Crippen molar-refractivity contribution in [2.45, 2.75) is 68.7 Å². The largest absolute Gasteiger partial charge is 0.479 e. The zero-order valence-electron chi connectivity index (χ0n) is 22.7. The third-order valence-electron chi connectivity index (χ3n) is 8.28. The Morgan fingerprint density at radius 3 is 2.71 bits per heavy atom. The molecule has 1 aromatic heterocycles. The Kier molecular flexibility index (Phi) is 7.66. The van der Waals surface area contributed by atoms with Gasteiger partial charge in [0.15, 0.2) is 0 Å². The van der Waals surface area contributed by atoms with Crippen molar-refractivity contribution in [1.82, 2.24) is 15.2 Å². The maximum absolute atomic E-state index is 14.1. The Hall–Kier alpha value is -3.92. The summed E-state index contributed by atoms with van der Waals surface area (Å²) in [7, 11) is 0. The third kappa shape index (κ3) is 5.79. The molecule has 6 rings (SSSR count). The number of carbonyl (C=O) groups excluding carboxylic acids is 2. The Bertz CT molecular complexity index is 1430. The number of hydrogen-bond acceptors (Lipinski definition) is 7. The van der Waals surface area contributed by atoms with E-state index in [1.807, 2.05) is 66.7 Å². The molecule has 41 heavy (non-hydrogen) atoms. The van der Waals surface area contributed by atoms with Crippen LogP contribution < -0.4 is 15.4 Å². The lowest BCUT2D eigenvalue weighted by molar-refractivity contribution is -0.145. The number of nitrogens with zero attached hydrogens (tertiary/aromatic N) is 2. The molecule has 0 spiro atoms. The van der Waals surface area contributed by atoms with Gasteiger partial charge in [-0.2, -0.15) is 0 Å². The van der Waals surface area contributed by atoms with Gasteiger partial charge >= 0.3 is 5.97 Å². The summed E-state index contributed by atoms with van der Waals surface area (Å²) in [6, 6.07) is 16.0. The first kappa shape index (κ1) is 27.3. The normalized spacial score (nSPS) is 29.4. The van der Waals surface area contributed by atoms with E-state index in [1.165, 1.54) is 11.3 Å².